The van der Waals surface area contributed by atoms with Gasteiger partial charge in [-0.2, -0.15) is 13.2 Å². The number of anilines is 1. The van der Waals surface area contributed by atoms with Gasteiger partial charge in [0, 0.05) is 44.3 Å². The first-order valence-electron chi connectivity index (χ1n) is 15.1. The summed E-state index contributed by atoms with van der Waals surface area (Å²) in [6.07, 6.45) is -2.35. The van der Waals surface area contributed by atoms with Crippen LogP contribution in [0.15, 0.2) is 76.6 Å². The van der Waals surface area contributed by atoms with Crippen LogP contribution in [0.5, 0.6) is 0 Å². The fourth-order valence-corrected chi connectivity index (χ4v) is 7.62. The van der Waals surface area contributed by atoms with Crippen molar-refractivity contribution < 1.29 is 27.8 Å². The van der Waals surface area contributed by atoms with E-state index in [4.69, 9.17) is 4.74 Å². The maximum absolute atomic E-state index is 14.5. The molecule has 11 heteroatoms. The predicted molar refractivity (Wildman–Crippen MR) is 170 cm³/mol. The van der Waals surface area contributed by atoms with Gasteiger partial charge < -0.3 is 15.2 Å². The number of carboxylic acid groups (broad SMARTS) is 1. The van der Waals surface area contributed by atoms with Crippen LogP contribution in [0, 0.1) is 0 Å². The molecular formula is C34H34F3N3O4S. The second kappa shape index (κ2) is 12.9. The van der Waals surface area contributed by atoms with Crippen LogP contribution in [0.3, 0.4) is 0 Å². The van der Waals surface area contributed by atoms with E-state index < -0.39 is 29.3 Å². The number of nitrogens with one attached hydrogen (secondary N) is 1. The van der Waals surface area contributed by atoms with Crippen molar-refractivity contribution in [3.05, 3.63) is 93.8 Å². The lowest BCUT2D eigenvalue weighted by Crippen LogP contribution is -2.44. The third-order valence-corrected chi connectivity index (χ3v) is 9.59. The number of nitrogens with zero attached hydrogens (tertiary/aromatic N) is 2. The summed E-state index contributed by atoms with van der Waals surface area (Å²) < 4.78 is 50.9. The molecular weight excluding hydrogens is 603 g/mol. The number of rotatable bonds is 8. The van der Waals surface area contributed by atoms with E-state index in [-0.39, 0.29) is 30.3 Å². The van der Waals surface area contributed by atoms with E-state index in [1.54, 1.807) is 6.07 Å². The molecule has 4 aromatic rings. The second-order valence-electron chi connectivity index (χ2n) is 11.5. The summed E-state index contributed by atoms with van der Waals surface area (Å²) in [6.45, 7) is 3.61. The average molecular weight is 638 g/mol. The van der Waals surface area contributed by atoms with E-state index in [1.807, 2.05) is 53.7 Å². The maximum atomic E-state index is 14.5. The minimum absolute atomic E-state index is 0.0855. The number of hydrogen-bond acceptors (Lipinski definition) is 6. The third-order valence-electron chi connectivity index (χ3n) is 8.43. The number of ether oxygens (including phenoxy) is 1. The number of fused-ring (bicyclic) bond motifs is 2. The summed E-state index contributed by atoms with van der Waals surface area (Å²) in [5.74, 6) is -1.17. The van der Waals surface area contributed by atoms with Crippen LogP contribution >= 0.6 is 11.9 Å². The van der Waals surface area contributed by atoms with Gasteiger partial charge in [0.15, 0.2) is 0 Å². The molecule has 1 fully saturated rings. The van der Waals surface area contributed by atoms with E-state index in [0.717, 1.165) is 34.9 Å². The van der Waals surface area contributed by atoms with Crippen molar-refractivity contribution in [1.29, 1.82) is 0 Å². The van der Waals surface area contributed by atoms with Crippen molar-refractivity contribution in [1.82, 2.24) is 8.87 Å². The number of pyridine rings is 1. The summed E-state index contributed by atoms with van der Waals surface area (Å²) in [7, 11) is 0. The van der Waals surface area contributed by atoms with Crippen molar-refractivity contribution in [3.8, 4) is 11.1 Å². The van der Waals surface area contributed by atoms with Gasteiger partial charge in [-0.05, 0) is 70.8 Å². The molecule has 1 aromatic heterocycles. The normalized spacial score (nSPS) is 17.7. The molecule has 2 aliphatic heterocycles. The first-order valence-corrected chi connectivity index (χ1v) is 15.9. The fraction of sp³-hybridized carbons (Fsp3) is 0.353. The number of aliphatic carboxylic acids is 1. The first kappa shape index (κ1) is 31.2. The number of halogens is 3. The molecule has 0 bridgehead atoms. The zero-order chi connectivity index (χ0) is 31.7. The maximum Gasteiger partial charge on any atom is 0.416 e. The van der Waals surface area contributed by atoms with Crippen LogP contribution in [-0.4, -0.2) is 52.3 Å². The Kier molecular flexibility index (Phi) is 8.94. The highest BCUT2D eigenvalue weighted by Crippen LogP contribution is 2.45. The molecule has 7 nitrogen and oxygen atoms in total. The molecule has 2 aliphatic rings. The minimum atomic E-state index is -4.59. The molecule has 3 heterocycles. The summed E-state index contributed by atoms with van der Waals surface area (Å²) in [4.78, 5) is 27.2. The van der Waals surface area contributed by atoms with Gasteiger partial charge >= 0.3 is 12.1 Å². The van der Waals surface area contributed by atoms with Gasteiger partial charge in [-0.3, -0.25) is 9.36 Å². The Balaban J connectivity index is 1.68. The molecule has 6 rings (SSSR count). The Hall–Kier alpha value is -3.80. The molecule has 236 valence electrons. The van der Waals surface area contributed by atoms with Gasteiger partial charge in [0.25, 0.3) is 5.56 Å². The van der Waals surface area contributed by atoms with Crippen molar-refractivity contribution >= 4 is 34.4 Å². The van der Waals surface area contributed by atoms with Gasteiger partial charge in [0.1, 0.15) is 16.8 Å². The van der Waals surface area contributed by atoms with Gasteiger partial charge in [-0.25, -0.2) is 9.10 Å². The fourth-order valence-electron chi connectivity index (χ4n) is 6.26. The van der Waals surface area contributed by atoms with Gasteiger partial charge in [0.05, 0.1) is 5.56 Å². The Labute approximate surface area is 263 Å². The lowest BCUT2D eigenvalue weighted by atomic mass is 9.91. The van der Waals surface area contributed by atoms with Crippen LogP contribution in [0.2, 0.25) is 0 Å². The van der Waals surface area contributed by atoms with Crippen molar-refractivity contribution in [3.63, 3.8) is 0 Å². The molecule has 0 saturated carbocycles. The van der Waals surface area contributed by atoms with Crippen LogP contribution in [0.4, 0.5) is 18.9 Å². The SMILES string of the molecule is CCCN1CC(C(=O)O)n2c(c(-c3cccc(C(F)(F)F)c3)c(Cc3cccc4ccccc34)c(NC3CCOCC3)c2=O)S1. The molecule has 1 unspecified atom stereocenters. The predicted octanol–water partition coefficient (Wildman–Crippen LogP) is 7.23. The van der Waals surface area contributed by atoms with Crippen molar-refractivity contribution in [2.24, 2.45) is 0 Å². The Bertz CT molecular complexity index is 1780. The largest absolute Gasteiger partial charge is 0.480 e. The van der Waals surface area contributed by atoms with Crippen LogP contribution in [0.1, 0.15) is 48.9 Å². The number of hydrogen-bond donors (Lipinski definition) is 2. The molecule has 45 heavy (non-hydrogen) atoms. The molecule has 0 amide bonds. The standard InChI is InChI=1S/C34H34F3N3O4S/c1-2-15-39-20-28(33(42)43)40-31(41)30(38-25-13-16-44-17-14-25)27(19-22-9-5-8-21-7-3-4-12-26(21)22)29(32(40)45-39)23-10-6-11-24(18-23)34(35,36)37/h3-12,18,25,28,38H,2,13-17,19-20H2,1H3,(H,42,43). The van der Waals surface area contributed by atoms with E-state index >= 15 is 0 Å². The lowest BCUT2D eigenvalue weighted by Gasteiger charge is -2.36. The van der Waals surface area contributed by atoms with E-state index in [2.05, 4.69) is 5.32 Å². The second-order valence-corrected chi connectivity index (χ2v) is 12.6. The highest BCUT2D eigenvalue weighted by Gasteiger charge is 2.38. The Morgan fingerprint density at radius 2 is 1.80 bits per heavy atom. The number of carboxylic acids is 1. The van der Waals surface area contributed by atoms with Crippen molar-refractivity contribution in [2.45, 2.75) is 55.9 Å². The molecule has 1 saturated heterocycles. The number of benzene rings is 3. The zero-order valence-corrected chi connectivity index (χ0v) is 25.6. The van der Waals surface area contributed by atoms with E-state index in [9.17, 15) is 27.9 Å². The quantitative estimate of drug-likeness (QED) is 0.197. The van der Waals surface area contributed by atoms with Crippen LogP contribution < -0.4 is 10.9 Å². The number of carbonyl (C=O) groups is 1. The molecule has 2 N–H and O–H groups in total. The average Bonchev–Trinajstić information content (AvgIpc) is 3.03. The minimum Gasteiger partial charge on any atom is -0.480 e. The van der Waals surface area contributed by atoms with E-state index in [1.165, 1.54) is 22.6 Å². The Morgan fingerprint density at radius 1 is 1.07 bits per heavy atom. The van der Waals surface area contributed by atoms with Crippen LogP contribution in [-0.2, 0) is 22.1 Å². The Morgan fingerprint density at radius 3 is 2.53 bits per heavy atom. The number of aromatic nitrogens is 1. The lowest BCUT2D eigenvalue weighted by molar-refractivity contribution is -0.141. The van der Waals surface area contributed by atoms with Crippen molar-refractivity contribution in [2.75, 3.05) is 31.6 Å². The molecule has 1 atom stereocenters. The third kappa shape index (κ3) is 6.34. The molecule has 0 spiro atoms. The van der Waals surface area contributed by atoms with E-state index in [0.29, 0.717) is 48.8 Å². The topological polar surface area (TPSA) is 83.8 Å². The summed E-state index contributed by atoms with van der Waals surface area (Å²) >= 11 is 1.24. The monoisotopic (exact) mass is 637 g/mol. The molecule has 0 radical (unpaired) electrons. The number of alkyl halides is 3. The summed E-state index contributed by atoms with van der Waals surface area (Å²) in [5.41, 5.74) is 1.07. The molecule has 3 aromatic carbocycles. The van der Waals surface area contributed by atoms with Gasteiger partial charge in [-0.15, -0.1) is 0 Å². The highest BCUT2D eigenvalue weighted by molar-refractivity contribution is 7.97. The first-order chi connectivity index (χ1) is 21.7. The highest BCUT2D eigenvalue weighted by atomic mass is 32.2. The summed E-state index contributed by atoms with van der Waals surface area (Å²) in [6, 6.07) is 17.5. The zero-order valence-electron chi connectivity index (χ0n) is 24.8. The van der Waals surface area contributed by atoms with Gasteiger partial charge in [-0.1, -0.05) is 61.5 Å². The van der Waals surface area contributed by atoms with Crippen LogP contribution in [0.25, 0.3) is 21.9 Å². The summed E-state index contributed by atoms with van der Waals surface area (Å²) in [5, 5.41) is 16.1. The smallest absolute Gasteiger partial charge is 0.416 e. The van der Waals surface area contributed by atoms with Gasteiger partial charge in [0.2, 0.25) is 0 Å². The molecule has 0 aliphatic carbocycles.